The lowest BCUT2D eigenvalue weighted by atomic mass is 10.1. The molecule has 0 aliphatic carbocycles. The van der Waals surface area contributed by atoms with Gasteiger partial charge in [0.1, 0.15) is 6.42 Å². The van der Waals surface area contributed by atoms with Gasteiger partial charge in [-0.2, -0.15) is 0 Å². The molecule has 0 aliphatic rings. The van der Waals surface area contributed by atoms with Crippen LogP contribution in [-0.2, 0) is 18.9 Å². The maximum Gasteiger partial charge on any atom is 0.505 e. The molecule has 0 radical (unpaired) electrons. The zero-order chi connectivity index (χ0) is 12.9. The third kappa shape index (κ3) is 5.37. The van der Waals surface area contributed by atoms with E-state index < -0.39 is 26.0 Å². The van der Waals surface area contributed by atoms with Crippen LogP contribution in [0.4, 0.5) is 0 Å². The second-order valence-electron chi connectivity index (χ2n) is 2.99. The Kier molecular flexibility index (Phi) is 4.53. The number of benzene rings is 1. The molecule has 1 rings (SSSR count). The molecule has 8 heteroatoms. The monoisotopic (exact) mass is 260 g/mol. The van der Waals surface area contributed by atoms with Crippen molar-refractivity contribution in [3.05, 3.63) is 35.9 Å². The van der Waals surface area contributed by atoms with Crippen molar-refractivity contribution in [1.29, 1.82) is 0 Å². The van der Waals surface area contributed by atoms with Crippen LogP contribution >= 0.6 is 7.82 Å². The Balaban J connectivity index is 2.47. The number of carbonyl (C=O) groups is 2. The van der Waals surface area contributed by atoms with E-state index in [-0.39, 0.29) is 0 Å². The summed E-state index contributed by atoms with van der Waals surface area (Å²) in [5, 5.41) is 0. The van der Waals surface area contributed by atoms with Gasteiger partial charge in [0.25, 0.3) is 0 Å². The van der Waals surface area contributed by atoms with Crippen molar-refractivity contribution in [3.63, 3.8) is 0 Å². The molecular weight excluding hydrogens is 251 g/mol. The zero-order valence-electron chi connectivity index (χ0n) is 8.48. The van der Waals surface area contributed by atoms with Crippen molar-refractivity contribution >= 4 is 19.6 Å². The first-order valence-electron chi connectivity index (χ1n) is 4.41. The van der Waals surface area contributed by atoms with E-state index in [0.29, 0.717) is 5.56 Å². The Hall–Kier alpha value is -1.53. The van der Waals surface area contributed by atoms with E-state index in [2.05, 4.69) is 9.56 Å². The van der Waals surface area contributed by atoms with Crippen molar-refractivity contribution in [2.45, 2.75) is 6.42 Å². The normalized spacial score (nSPS) is 10.9. The molecule has 0 aromatic heterocycles. The van der Waals surface area contributed by atoms with E-state index in [0.717, 1.165) is 0 Å². The molecule has 7 nitrogen and oxygen atoms in total. The summed E-state index contributed by atoms with van der Waals surface area (Å²) in [4.78, 5) is 42.7. The van der Waals surface area contributed by atoms with Crippen LogP contribution in [0.2, 0.25) is 0 Å². The van der Waals surface area contributed by atoms with Gasteiger partial charge in [0.05, 0.1) is 0 Å². The highest BCUT2D eigenvalue weighted by molar-refractivity contribution is 7.46. The Morgan fingerprint density at radius 3 is 2.29 bits per heavy atom. The van der Waals surface area contributed by atoms with Gasteiger partial charge < -0.3 is 9.79 Å². The van der Waals surface area contributed by atoms with Gasteiger partial charge in [0.15, 0.2) is 5.78 Å². The SMILES string of the molecule is O=C(CC(=O)c1ccccc1)OOP(=O)(O)O. The molecule has 0 unspecified atom stereocenters. The predicted molar refractivity (Wildman–Crippen MR) is 54.6 cm³/mol. The number of carbonyl (C=O) groups excluding carboxylic acids is 2. The summed E-state index contributed by atoms with van der Waals surface area (Å²) in [5.74, 6) is -1.72. The van der Waals surface area contributed by atoms with Gasteiger partial charge >= 0.3 is 13.8 Å². The fraction of sp³-hybridized carbons (Fsp3) is 0.111. The van der Waals surface area contributed by atoms with E-state index in [9.17, 15) is 14.2 Å². The quantitative estimate of drug-likeness (QED) is 0.265. The number of phosphoric acid groups is 1. The molecular formula is C9H9O7P. The molecule has 1 aromatic carbocycles. The maximum atomic E-state index is 11.4. The molecule has 2 N–H and O–H groups in total. The van der Waals surface area contributed by atoms with Crippen molar-refractivity contribution in [3.8, 4) is 0 Å². The Morgan fingerprint density at radius 1 is 1.18 bits per heavy atom. The van der Waals surface area contributed by atoms with Crippen LogP contribution in [0.1, 0.15) is 16.8 Å². The van der Waals surface area contributed by atoms with Gasteiger partial charge in [-0.15, -0.1) is 0 Å². The molecule has 0 bridgehead atoms. The van der Waals surface area contributed by atoms with Crippen LogP contribution in [0.25, 0.3) is 0 Å². The van der Waals surface area contributed by atoms with E-state index >= 15 is 0 Å². The van der Waals surface area contributed by atoms with Crippen LogP contribution in [0.3, 0.4) is 0 Å². The number of Topliss-reactive ketones (excluding diaryl/α,β-unsaturated/α-hetero) is 1. The Labute approximate surface area is 96.1 Å². The summed E-state index contributed by atoms with van der Waals surface area (Å²) < 4.78 is 13.7. The molecule has 0 fully saturated rings. The molecule has 0 amide bonds. The lowest BCUT2D eigenvalue weighted by Gasteiger charge is -2.03. The average Bonchev–Trinajstić information content (AvgIpc) is 2.27. The van der Waals surface area contributed by atoms with Crippen LogP contribution < -0.4 is 0 Å². The summed E-state index contributed by atoms with van der Waals surface area (Å²) in [7, 11) is -4.89. The minimum Gasteiger partial charge on any atom is -0.301 e. The zero-order valence-corrected chi connectivity index (χ0v) is 9.37. The molecule has 0 atom stereocenters. The molecule has 0 aliphatic heterocycles. The second kappa shape index (κ2) is 5.70. The van der Waals surface area contributed by atoms with Crippen LogP contribution in [0.15, 0.2) is 30.3 Å². The van der Waals surface area contributed by atoms with Crippen LogP contribution in [0, 0.1) is 0 Å². The molecule has 1 aromatic rings. The largest absolute Gasteiger partial charge is 0.505 e. The van der Waals surface area contributed by atoms with Gasteiger partial charge in [0.2, 0.25) is 0 Å². The lowest BCUT2D eigenvalue weighted by molar-refractivity contribution is -0.221. The average molecular weight is 260 g/mol. The third-order valence-corrected chi connectivity index (χ3v) is 1.90. The Morgan fingerprint density at radius 2 is 1.76 bits per heavy atom. The first-order chi connectivity index (χ1) is 7.88. The summed E-state index contributed by atoms with van der Waals surface area (Å²) in [6, 6.07) is 7.93. The molecule has 0 heterocycles. The van der Waals surface area contributed by atoms with Gasteiger partial charge in [0, 0.05) is 5.56 Å². The Bertz CT molecular complexity index is 450. The first kappa shape index (κ1) is 13.5. The van der Waals surface area contributed by atoms with Crippen LogP contribution in [-0.4, -0.2) is 21.5 Å². The summed E-state index contributed by atoms with van der Waals surface area (Å²) in [5.41, 5.74) is 0.292. The highest BCUT2D eigenvalue weighted by atomic mass is 31.2. The highest BCUT2D eigenvalue weighted by Gasteiger charge is 2.20. The van der Waals surface area contributed by atoms with Crippen molar-refractivity contribution < 1.29 is 33.5 Å². The topological polar surface area (TPSA) is 110 Å². The minimum absolute atomic E-state index is 0.292. The number of ketones is 1. The number of hydrogen-bond donors (Lipinski definition) is 2. The highest BCUT2D eigenvalue weighted by Crippen LogP contribution is 2.35. The molecule has 92 valence electrons. The molecule has 17 heavy (non-hydrogen) atoms. The second-order valence-corrected chi connectivity index (χ2v) is 4.12. The van der Waals surface area contributed by atoms with Crippen LogP contribution in [0.5, 0.6) is 0 Å². The molecule has 0 saturated heterocycles. The van der Waals surface area contributed by atoms with Gasteiger partial charge in [-0.1, -0.05) is 35.0 Å². The van der Waals surface area contributed by atoms with E-state index in [1.54, 1.807) is 18.2 Å². The van der Waals surface area contributed by atoms with Crippen molar-refractivity contribution in [1.82, 2.24) is 0 Å². The summed E-state index contributed by atoms with van der Waals surface area (Å²) >= 11 is 0. The minimum atomic E-state index is -4.89. The van der Waals surface area contributed by atoms with Gasteiger partial charge in [-0.25, -0.2) is 9.36 Å². The van der Waals surface area contributed by atoms with E-state index in [1.165, 1.54) is 12.1 Å². The van der Waals surface area contributed by atoms with Gasteiger partial charge in [-0.05, 0) is 0 Å². The first-order valence-corrected chi connectivity index (χ1v) is 5.94. The third-order valence-electron chi connectivity index (χ3n) is 1.63. The smallest absolute Gasteiger partial charge is 0.301 e. The molecule has 0 saturated carbocycles. The van der Waals surface area contributed by atoms with E-state index in [4.69, 9.17) is 9.79 Å². The standard InChI is InChI=1S/C9H9O7P/c10-8(7-4-2-1-3-5-7)6-9(11)15-16-17(12,13)14/h1-5H,6H2,(H2,12,13,14). The van der Waals surface area contributed by atoms with E-state index in [1.807, 2.05) is 0 Å². The summed E-state index contributed by atoms with van der Waals surface area (Å²) in [6.07, 6.45) is -0.663. The van der Waals surface area contributed by atoms with Gasteiger partial charge in [-0.3, -0.25) is 9.68 Å². The number of rotatable bonds is 5. The van der Waals surface area contributed by atoms with Crippen molar-refractivity contribution in [2.75, 3.05) is 0 Å². The maximum absolute atomic E-state index is 11.4. The lowest BCUT2D eigenvalue weighted by Crippen LogP contribution is -2.11. The molecule has 0 spiro atoms. The summed E-state index contributed by atoms with van der Waals surface area (Å²) in [6.45, 7) is 0. The number of hydrogen-bond acceptors (Lipinski definition) is 5. The fourth-order valence-corrected chi connectivity index (χ4v) is 1.16. The van der Waals surface area contributed by atoms with Crippen molar-refractivity contribution in [2.24, 2.45) is 0 Å². The fourth-order valence-electron chi connectivity index (χ4n) is 0.977. The predicted octanol–water partition coefficient (Wildman–Crippen LogP) is 0.827.